The Morgan fingerprint density at radius 2 is 2.26 bits per heavy atom. The maximum Gasteiger partial charge on any atom is 0.130 e. The van der Waals surface area contributed by atoms with Gasteiger partial charge in [0.05, 0.1) is 6.07 Å². The molecule has 2 bridgehead atoms. The number of fused-ring (bicyclic) bond motifs is 2. The Morgan fingerprint density at radius 3 is 3.00 bits per heavy atom. The molecular formula is C15H18FN3. The van der Waals surface area contributed by atoms with Gasteiger partial charge in [0.2, 0.25) is 0 Å². The lowest BCUT2D eigenvalue weighted by Gasteiger charge is -2.39. The van der Waals surface area contributed by atoms with Gasteiger partial charge in [-0.2, -0.15) is 5.26 Å². The molecule has 0 aliphatic carbocycles. The van der Waals surface area contributed by atoms with Gasteiger partial charge in [0.15, 0.2) is 0 Å². The Labute approximate surface area is 113 Å². The molecule has 3 rings (SSSR count). The first-order chi connectivity index (χ1) is 9.11. The summed E-state index contributed by atoms with van der Waals surface area (Å²) in [6.07, 6.45) is 1.86. The lowest BCUT2D eigenvalue weighted by atomic mass is 9.79. The fraction of sp³-hybridized carbons (Fsp3) is 0.533. The SMILES string of the molecule is Cc1cc(F)cc(NC2(C#N)CCN3CCC2C3)c1. The van der Waals surface area contributed by atoms with E-state index >= 15 is 0 Å². The Balaban J connectivity index is 1.89. The zero-order chi connectivity index (χ0) is 13.5. The van der Waals surface area contributed by atoms with Gasteiger partial charge >= 0.3 is 0 Å². The van der Waals surface area contributed by atoms with Gasteiger partial charge in [-0.3, -0.25) is 0 Å². The van der Waals surface area contributed by atoms with Crippen LogP contribution in [-0.4, -0.2) is 30.1 Å². The van der Waals surface area contributed by atoms with Crippen molar-refractivity contribution in [2.75, 3.05) is 25.0 Å². The number of piperidine rings is 1. The van der Waals surface area contributed by atoms with Crippen molar-refractivity contribution in [3.8, 4) is 6.07 Å². The molecule has 2 aliphatic rings. The van der Waals surface area contributed by atoms with Crippen molar-refractivity contribution >= 4 is 5.69 Å². The number of nitrogens with one attached hydrogen (secondary N) is 1. The smallest absolute Gasteiger partial charge is 0.130 e. The highest BCUT2D eigenvalue weighted by Crippen LogP contribution is 2.37. The number of benzene rings is 1. The molecule has 0 spiro atoms. The minimum atomic E-state index is -0.534. The third-order valence-corrected chi connectivity index (χ3v) is 4.40. The maximum absolute atomic E-state index is 13.5. The number of hydrogen-bond donors (Lipinski definition) is 1. The van der Waals surface area contributed by atoms with E-state index in [1.54, 1.807) is 0 Å². The Kier molecular flexibility index (Phi) is 2.94. The van der Waals surface area contributed by atoms with Crippen molar-refractivity contribution in [2.24, 2.45) is 5.92 Å². The largest absolute Gasteiger partial charge is 0.367 e. The van der Waals surface area contributed by atoms with Crippen molar-refractivity contribution in [1.82, 2.24) is 4.90 Å². The number of rotatable bonds is 2. The summed E-state index contributed by atoms with van der Waals surface area (Å²) in [5, 5.41) is 13.0. The van der Waals surface area contributed by atoms with Crippen LogP contribution in [0.4, 0.5) is 10.1 Å². The normalized spacial score (nSPS) is 32.9. The summed E-state index contributed by atoms with van der Waals surface area (Å²) < 4.78 is 13.5. The summed E-state index contributed by atoms with van der Waals surface area (Å²) in [6, 6.07) is 7.36. The van der Waals surface area contributed by atoms with Crippen LogP contribution >= 0.6 is 0 Å². The predicted molar refractivity (Wildman–Crippen MR) is 72.3 cm³/mol. The number of halogens is 1. The minimum absolute atomic E-state index is 0.251. The number of nitriles is 1. The van der Waals surface area contributed by atoms with Gasteiger partial charge in [-0.05, 0) is 50.1 Å². The maximum atomic E-state index is 13.5. The van der Waals surface area contributed by atoms with Crippen LogP contribution in [0.2, 0.25) is 0 Å². The molecule has 2 fully saturated rings. The zero-order valence-corrected chi connectivity index (χ0v) is 11.1. The Morgan fingerprint density at radius 1 is 1.42 bits per heavy atom. The average Bonchev–Trinajstić information content (AvgIpc) is 2.77. The van der Waals surface area contributed by atoms with Crippen LogP contribution < -0.4 is 5.32 Å². The molecule has 3 nitrogen and oxygen atoms in total. The monoisotopic (exact) mass is 259 g/mol. The van der Waals surface area contributed by atoms with Gasteiger partial charge in [0.1, 0.15) is 11.4 Å². The highest BCUT2D eigenvalue weighted by Gasteiger charge is 2.46. The van der Waals surface area contributed by atoms with E-state index < -0.39 is 5.54 Å². The second-order valence-corrected chi connectivity index (χ2v) is 5.76. The van der Waals surface area contributed by atoms with E-state index in [1.807, 2.05) is 13.0 Å². The van der Waals surface area contributed by atoms with Crippen molar-refractivity contribution in [3.63, 3.8) is 0 Å². The van der Waals surface area contributed by atoms with E-state index in [2.05, 4.69) is 16.3 Å². The van der Waals surface area contributed by atoms with E-state index in [1.165, 1.54) is 12.1 Å². The number of anilines is 1. The molecule has 2 heterocycles. The van der Waals surface area contributed by atoms with Crippen molar-refractivity contribution in [3.05, 3.63) is 29.6 Å². The van der Waals surface area contributed by atoms with Gasteiger partial charge in [-0.1, -0.05) is 0 Å². The van der Waals surface area contributed by atoms with Gasteiger partial charge in [-0.25, -0.2) is 4.39 Å². The second kappa shape index (κ2) is 4.50. The predicted octanol–water partition coefficient (Wildman–Crippen LogP) is 2.53. The van der Waals surface area contributed by atoms with Crippen molar-refractivity contribution in [1.29, 1.82) is 5.26 Å². The lowest BCUT2D eigenvalue weighted by molar-refractivity contribution is 0.221. The summed E-state index contributed by atoms with van der Waals surface area (Å²) in [4.78, 5) is 2.40. The summed E-state index contributed by atoms with van der Waals surface area (Å²) in [7, 11) is 0. The third kappa shape index (κ3) is 2.19. The number of aryl methyl sites for hydroxylation is 1. The molecule has 1 aromatic rings. The summed E-state index contributed by atoms with van der Waals surface area (Å²) in [6.45, 7) is 4.88. The third-order valence-electron chi connectivity index (χ3n) is 4.40. The van der Waals surface area contributed by atoms with Crippen molar-refractivity contribution < 1.29 is 4.39 Å². The highest BCUT2D eigenvalue weighted by atomic mass is 19.1. The molecule has 3 unspecified atom stereocenters. The van der Waals surface area contributed by atoms with E-state index in [-0.39, 0.29) is 5.82 Å². The van der Waals surface area contributed by atoms with Gasteiger partial charge < -0.3 is 10.2 Å². The molecule has 0 saturated carbocycles. The van der Waals surface area contributed by atoms with Crippen LogP contribution in [0.15, 0.2) is 18.2 Å². The second-order valence-electron chi connectivity index (χ2n) is 5.76. The molecule has 0 amide bonds. The van der Waals surface area contributed by atoms with Crippen molar-refractivity contribution in [2.45, 2.75) is 25.3 Å². The topological polar surface area (TPSA) is 39.1 Å². The fourth-order valence-corrected chi connectivity index (χ4v) is 3.38. The Bertz CT molecular complexity index is 516. The standard InChI is InChI=1S/C15H18FN3/c1-11-6-13(16)8-14(7-11)18-15(10-17)3-5-19-4-2-12(15)9-19/h6-8,12,18H,2-5,9H2,1H3. The average molecular weight is 259 g/mol. The summed E-state index contributed by atoms with van der Waals surface area (Å²) in [5.74, 6) is 0.0919. The van der Waals surface area contributed by atoms with Gasteiger partial charge in [0, 0.05) is 24.7 Å². The number of nitrogens with zero attached hydrogens (tertiary/aromatic N) is 2. The first-order valence-electron chi connectivity index (χ1n) is 6.80. The zero-order valence-electron chi connectivity index (χ0n) is 11.1. The molecule has 4 heteroatoms. The van der Waals surface area contributed by atoms with Crippen LogP contribution in [0.25, 0.3) is 0 Å². The minimum Gasteiger partial charge on any atom is -0.367 e. The van der Waals surface area contributed by atoms with E-state index in [9.17, 15) is 9.65 Å². The van der Waals surface area contributed by atoms with E-state index in [4.69, 9.17) is 0 Å². The first-order valence-corrected chi connectivity index (χ1v) is 6.80. The van der Waals surface area contributed by atoms with Gasteiger partial charge in [0.25, 0.3) is 0 Å². The molecule has 19 heavy (non-hydrogen) atoms. The van der Waals surface area contributed by atoms with Crippen LogP contribution in [0.5, 0.6) is 0 Å². The van der Waals surface area contributed by atoms with Crippen LogP contribution in [-0.2, 0) is 0 Å². The molecular weight excluding hydrogens is 241 g/mol. The number of hydrogen-bond acceptors (Lipinski definition) is 3. The lowest BCUT2D eigenvalue weighted by Crippen LogP contribution is -2.50. The van der Waals surface area contributed by atoms with Crippen LogP contribution in [0.3, 0.4) is 0 Å². The molecule has 2 saturated heterocycles. The molecule has 2 aliphatic heterocycles. The quantitative estimate of drug-likeness (QED) is 0.887. The molecule has 1 N–H and O–H groups in total. The highest BCUT2D eigenvalue weighted by molar-refractivity contribution is 5.51. The van der Waals surface area contributed by atoms with E-state index in [0.717, 1.165) is 43.7 Å². The molecule has 0 aromatic heterocycles. The fourth-order valence-electron chi connectivity index (χ4n) is 3.38. The van der Waals surface area contributed by atoms with E-state index in [0.29, 0.717) is 5.92 Å². The summed E-state index contributed by atoms with van der Waals surface area (Å²) >= 11 is 0. The Hall–Kier alpha value is -1.60. The first kappa shape index (κ1) is 12.4. The van der Waals surface area contributed by atoms with Crippen LogP contribution in [0.1, 0.15) is 18.4 Å². The molecule has 100 valence electrons. The molecule has 0 radical (unpaired) electrons. The van der Waals surface area contributed by atoms with Crippen LogP contribution in [0, 0.1) is 30.0 Å². The molecule has 3 atom stereocenters. The molecule has 1 aromatic carbocycles. The van der Waals surface area contributed by atoms with Gasteiger partial charge in [-0.15, -0.1) is 0 Å². The summed E-state index contributed by atoms with van der Waals surface area (Å²) in [5.41, 5.74) is 1.06.